The van der Waals surface area contributed by atoms with Gasteiger partial charge in [0.05, 0.1) is 12.4 Å². The second-order valence-corrected chi connectivity index (χ2v) is 3.38. The van der Waals surface area contributed by atoms with Gasteiger partial charge < -0.3 is 16.6 Å². The van der Waals surface area contributed by atoms with Crippen LogP contribution in [0.1, 0.15) is 34.1 Å². The summed E-state index contributed by atoms with van der Waals surface area (Å²) in [4.78, 5) is 14.5. The molecule has 0 radical (unpaired) electrons. The molecule has 0 aromatic rings. The molecule has 0 rings (SSSR count). The van der Waals surface area contributed by atoms with Crippen molar-refractivity contribution < 1.29 is 9.90 Å². The number of carboxylic acids is 1. The first-order valence-electron chi connectivity index (χ1n) is 5.30. The summed E-state index contributed by atoms with van der Waals surface area (Å²) in [5.74, 6) is -0.510. The van der Waals surface area contributed by atoms with Crippen LogP contribution in [0.4, 0.5) is 0 Å². The van der Waals surface area contributed by atoms with Gasteiger partial charge in [-0.1, -0.05) is 26.0 Å². The molecule has 0 saturated heterocycles. The van der Waals surface area contributed by atoms with Crippen LogP contribution in [0.3, 0.4) is 0 Å². The molecule has 0 saturated carbocycles. The van der Waals surface area contributed by atoms with Crippen molar-refractivity contribution in [2.24, 2.45) is 16.5 Å². The maximum Gasteiger partial charge on any atom is 0.323 e. The Morgan fingerprint density at radius 1 is 1.44 bits per heavy atom. The fraction of sp³-hybridized carbons (Fsp3) is 0.636. The van der Waals surface area contributed by atoms with Crippen LogP contribution >= 0.6 is 0 Å². The standard InChI is InChI=1S/C9H17N3O2.C2H6/c1-7(10)12-6-4-3-5-9(2,11)8(13)14;1-2/h3-4H,5-6,11H2,1-2H3,(H2,10,12)(H,13,14);1-2H3/b4-3+;. The number of aliphatic imine (C=N–C) groups is 1. The molecule has 5 N–H and O–H groups in total. The Morgan fingerprint density at radius 3 is 2.31 bits per heavy atom. The first-order valence-corrected chi connectivity index (χ1v) is 5.30. The molecule has 0 amide bonds. The molecular weight excluding hydrogens is 206 g/mol. The van der Waals surface area contributed by atoms with Gasteiger partial charge >= 0.3 is 5.97 Å². The van der Waals surface area contributed by atoms with Crippen molar-refractivity contribution in [2.45, 2.75) is 39.7 Å². The SMILES string of the molecule is CC.CC(N)=NC/C=C/CC(C)(N)C(=O)O. The topological polar surface area (TPSA) is 102 Å². The minimum Gasteiger partial charge on any atom is -0.480 e. The lowest BCUT2D eigenvalue weighted by atomic mass is 10.00. The molecule has 0 fully saturated rings. The second-order valence-electron chi connectivity index (χ2n) is 3.38. The summed E-state index contributed by atoms with van der Waals surface area (Å²) in [6.45, 7) is 7.62. The molecule has 16 heavy (non-hydrogen) atoms. The van der Waals surface area contributed by atoms with Crippen LogP contribution in [0.25, 0.3) is 0 Å². The Hall–Kier alpha value is -1.36. The van der Waals surface area contributed by atoms with Gasteiger partial charge in [0.15, 0.2) is 0 Å². The molecule has 5 nitrogen and oxygen atoms in total. The number of amidine groups is 1. The molecule has 0 aromatic carbocycles. The summed E-state index contributed by atoms with van der Waals surface area (Å²) >= 11 is 0. The Bertz CT molecular complexity index is 254. The first kappa shape index (κ1) is 17.0. The molecule has 0 aromatic heterocycles. The van der Waals surface area contributed by atoms with Crippen LogP contribution in [0.2, 0.25) is 0 Å². The van der Waals surface area contributed by atoms with E-state index in [9.17, 15) is 4.79 Å². The second kappa shape index (κ2) is 8.91. The quantitative estimate of drug-likeness (QED) is 0.373. The highest BCUT2D eigenvalue weighted by molar-refractivity contribution is 5.78. The smallest absolute Gasteiger partial charge is 0.323 e. The Morgan fingerprint density at radius 2 is 1.94 bits per heavy atom. The molecule has 0 aliphatic carbocycles. The number of carbonyl (C=O) groups is 1. The lowest BCUT2D eigenvalue weighted by molar-refractivity contribution is -0.142. The van der Waals surface area contributed by atoms with E-state index in [1.165, 1.54) is 6.92 Å². The van der Waals surface area contributed by atoms with E-state index in [-0.39, 0.29) is 6.42 Å². The molecule has 5 heteroatoms. The van der Waals surface area contributed by atoms with Gasteiger partial charge in [-0.15, -0.1) is 0 Å². The zero-order chi connectivity index (χ0) is 13.2. The highest BCUT2D eigenvalue weighted by Crippen LogP contribution is 2.06. The molecule has 0 spiro atoms. The number of hydrogen-bond acceptors (Lipinski definition) is 3. The average Bonchev–Trinajstić information content (AvgIpc) is 2.19. The van der Waals surface area contributed by atoms with Gasteiger partial charge in [-0.05, 0) is 20.3 Å². The number of carboxylic acid groups (broad SMARTS) is 1. The first-order chi connectivity index (χ1) is 7.36. The molecule has 0 aliphatic heterocycles. The van der Waals surface area contributed by atoms with Crippen molar-refractivity contribution in [3.8, 4) is 0 Å². The molecule has 94 valence electrons. The van der Waals surface area contributed by atoms with Crippen molar-refractivity contribution in [3.05, 3.63) is 12.2 Å². The number of rotatable bonds is 5. The zero-order valence-corrected chi connectivity index (χ0v) is 10.5. The van der Waals surface area contributed by atoms with Gasteiger partial charge in [-0.3, -0.25) is 9.79 Å². The predicted octanol–water partition coefficient (Wildman–Crippen LogP) is 1.14. The van der Waals surface area contributed by atoms with E-state index in [0.29, 0.717) is 12.4 Å². The lowest BCUT2D eigenvalue weighted by Gasteiger charge is -2.15. The molecule has 1 atom stereocenters. The van der Waals surface area contributed by atoms with Gasteiger partial charge in [-0.2, -0.15) is 0 Å². The van der Waals surface area contributed by atoms with Gasteiger partial charge in [0, 0.05) is 0 Å². The number of hydrogen-bond donors (Lipinski definition) is 3. The van der Waals surface area contributed by atoms with Crippen LogP contribution in [-0.2, 0) is 4.79 Å². The van der Waals surface area contributed by atoms with Crippen molar-refractivity contribution in [1.82, 2.24) is 0 Å². The third-order valence-corrected chi connectivity index (χ3v) is 1.64. The van der Waals surface area contributed by atoms with Crippen LogP contribution in [0.5, 0.6) is 0 Å². The largest absolute Gasteiger partial charge is 0.480 e. The van der Waals surface area contributed by atoms with E-state index in [4.69, 9.17) is 16.6 Å². The molecule has 0 bridgehead atoms. The summed E-state index contributed by atoms with van der Waals surface area (Å²) < 4.78 is 0. The van der Waals surface area contributed by atoms with Gasteiger partial charge in [-0.25, -0.2) is 0 Å². The monoisotopic (exact) mass is 229 g/mol. The van der Waals surface area contributed by atoms with Crippen LogP contribution < -0.4 is 11.5 Å². The van der Waals surface area contributed by atoms with Gasteiger partial charge in [0.1, 0.15) is 5.54 Å². The fourth-order valence-corrected chi connectivity index (χ4v) is 0.687. The third-order valence-electron chi connectivity index (χ3n) is 1.64. The summed E-state index contributed by atoms with van der Waals surface area (Å²) in [6, 6.07) is 0. The summed E-state index contributed by atoms with van der Waals surface area (Å²) in [5.41, 5.74) is 9.59. The Labute approximate surface area is 97.2 Å². The zero-order valence-electron chi connectivity index (χ0n) is 10.5. The van der Waals surface area contributed by atoms with E-state index in [1.54, 1.807) is 19.1 Å². The van der Waals surface area contributed by atoms with E-state index < -0.39 is 11.5 Å². The molecular formula is C11H23N3O2. The van der Waals surface area contributed by atoms with Crippen molar-refractivity contribution in [2.75, 3.05) is 6.54 Å². The number of aliphatic carboxylic acids is 1. The predicted molar refractivity (Wildman–Crippen MR) is 67.5 cm³/mol. The highest BCUT2D eigenvalue weighted by atomic mass is 16.4. The van der Waals surface area contributed by atoms with Crippen LogP contribution in [-0.4, -0.2) is 29.0 Å². The maximum atomic E-state index is 10.6. The van der Waals surface area contributed by atoms with E-state index in [2.05, 4.69) is 4.99 Å². The average molecular weight is 229 g/mol. The van der Waals surface area contributed by atoms with E-state index in [1.807, 2.05) is 13.8 Å². The van der Waals surface area contributed by atoms with E-state index >= 15 is 0 Å². The van der Waals surface area contributed by atoms with Crippen molar-refractivity contribution in [3.63, 3.8) is 0 Å². The van der Waals surface area contributed by atoms with Crippen molar-refractivity contribution in [1.29, 1.82) is 0 Å². The lowest BCUT2D eigenvalue weighted by Crippen LogP contribution is -2.44. The minimum atomic E-state index is -1.21. The Balaban J connectivity index is 0. The number of nitrogens with two attached hydrogens (primary N) is 2. The van der Waals surface area contributed by atoms with Gasteiger partial charge in [0.25, 0.3) is 0 Å². The van der Waals surface area contributed by atoms with Crippen molar-refractivity contribution >= 4 is 11.8 Å². The highest BCUT2D eigenvalue weighted by Gasteiger charge is 2.25. The summed E-state index contributed by atoms with van der Waals surface area (Å²) in [7, 11) is 0. The summed E-state index contributed by atoms with van der Waals surface area (Å²) in [5, 5.41) is 8.68. The minimum absolute atomic E-state index is 0.279. The maximum absolute atomic E-state index is 10.6. The Kier molecular flexibility index (Phi) is 9.49. The van der Waals surface area contributed by atoms with Crippen LogP contribution in [0.15, 0.2) is 17.1 Å². The van der Waals surface area contributed by atoms with E-state index in [0.717, 1.165) is 0 Å². The third kappa shape index (κ3) is 9.21. The van der Waals surface area contributed by atoms with Gasteiger partial charge in [0.2, 0.25) is 0 Å². The molecule has 1 unspecified atom stereocenters. The van der Waals surface area contributed by atoms with Crippen LogP contribution in [0, 0.1) is 0 Å². The molecule has 0 aliphatic rings. The molecule has 0 heterocycles. The number of nitrogens with zero attached hydrogens (tertiary/aromatic N) is 1. The normalized spacial score (nSPS) is 15.2. The fourth-order valence-electron chi connectivity index (χ4n) is 0.687. The summed E-state index contributed by atoms with van der Waals surface area (Å²) in [6.07, 6.45) is 3.71.